The van der Waals surface area contributed by atoms with Crippen molar-refractivity contribution in [3.8, 4) is 0 Å². The van der Waals surface area contributed by atoms with Gasteiger partial charge in [-0.15, -0.1) is 0 Å². The summed E-state index contributed by atoms with van der Waals surface area (Å²) in [5, 5.41) is 2.73. The highest BCUT2D eigenvalue weighted by Crippen LogP contribution is 2.29. The molecule has 2 aliphatic heterocycles. The van der Waals surface area contributed by atoms with Crippen molar-refractivity contribution in [1.29, 1.82) is 0 Å². The third kappa shape index (κ3) is 2.58. The lowest BCUT2D eigenvalue weighted by Gasteiger charge is -2.23. The quantitative estimate of drug-likeness (QED) is 0.653. The molecule has 5 amide bonds. The first kappa shape index (κ1) is 17.9. The van der Waals surface area contributed by atoms with Gasteiger partial charge in [-0.2, -0.15) is 0 Å². The summed E-state index contributed by atoms with van der Waals surface area (Å²) in [5.41, 5.74) is 1.24. The number of benzene rings is 2. The standard InChI is InChI=1S/C21H19N3O4/c1-13-7-9-14(10-8-13)21(2)19(27)24(20(28)22-21)12-11-23-17(25)15-5-3-4-6-16(15)18(23)26/h3-10H,11-12H2,1-2H3,(H,22,28)/t21-/m0/s1. The van der Waals surface area contributed by atoms with E-state index in [4.69, 9.17) is 0 Å². The predicted molar refractivity (Wildman–Crippen MR) is 101 cm³/mol. The van der Waals surface area contributed by atoms with Gasteiger partial charge in [0.15, 0.2) is 0 Å². The molecule has 0 spiro atoms. The van der Waals surface area contributed by atoms with Gasteiger partial charge in [0.2, 0.25) is 0 Å². The number of hydrogen-bond acceptors (Lipinski definition) is 4. The molecule has 1 fully saturated rings. The predicted octanol–water partition coefficient (Wildman–Crippen LogP) is 2.06. The van der Waals surface area contributed by atoms with Crippen molar-refractivity contribution in [3.63, 3.8) is 0 Å². The molecule has 7 nitrogen and oxygen atoms in total. The first-order chi connectivity index (χ1) is 13.3. The molecule has 4 rings (SSSR count). The summed E-state index contributed by atoms with van der Waals surface area (Å²) in [6.07, 6.45) is 0. The molecule has 0 radical (unpaired) electrons. The number of hydrogen-bond donors (Lipinski definition) is 1. The second-order valence-electron chi connectivity index (χ2n) is 7.19. The van der Waals surface area contributed by atoms with Gasteiger partial charge in [0.05, 0.1) is 11.1 Å². The molecule has 1 atom stereocenters. The number of carbonyl (C=O) groups is 4. The van der Waals surface area contributed by atoms with Gasteiger partial charge in [0.25, 0.3) is 17.7 Å². The molecule has 0 saturated carbocycles. The molecule has 1 N–H and O–H groups in total. The average molecular weight is 377 g/mol. The Balaban J connectivity index is 1.51. The van der Waals surface area contributed by atoms with Crippen molar-refractivity contribution >= 4 is 23.8 Å². The first-order valence-corrected chi connectivity index (χ1v) is 8.99. The fourth-order valence-electron chi connectivity index (χ4n) is 3.62. The Morgan fingerprint density at radius 1 is 0.821 bits per heavy atom. The van der Waals surface area contributed by atoms with Gasteiger partial charge < -0.3 is 5.32 Å². The normalized spacial score (nSPS) is 21.4. The molecular weight excluding hydrogens is 358 g/mol. The van der Waals surface area contributed by atoms with E-state index >= 15 is 0 Å². The number of aryl methyl sites for hydroxylation is 1. The van der Waals surface area contributed by atoms with Gasteiger partial charge in [0.1, 0.15) is 5.54 Å². The number of carbonyl (C=O) groups excluding carboxylic acids is 4. The van der Waals surface area contributed by atoms with Gasteiger partial charge in [-0.25, -0.2) is 4.79 Å². The smallest absolute Gasteiger partial charge is 0.319 e. The fraction of sp³-hybridized carbons (Fsp3) is 0.238. The van der Waals surface area contributed by atoms with E-state index in [-0.39, 0.29) is 13.1 Å². The number of nitrogens with zero attached hydrogens (tertiary/aromatic N) is 2. The van der Waals surface area contributed by atoms with Gasteiger partial charge in [0, 0.05) is 13.1 Å². The summed E-state index contributed by atoms with van der Waals surface area (Å²) < 4.78 is 0. The Hall–Kier alpha value is -3.48. The van der Waals surface area contributed by atoms with E-state index in [0.29, 0.717) is 16.7 Å². The van der Waals surface area contributed by atoms with E-state index in [0.717, 1.165) is 15.4 Å². The highest BCUT2D eigenvalue weighted by Gasteiger charge is 2.49. The molecule has 0 bridgehead atoms. The van der Waals surface area contributed by atoms with Crippen LogP contribution in [-0.2, 0) is 10.3 Å². The maximum Gasteiger partial charge on any atom is 0.325 e. The SMILES string of the molecule is Cc1ccc([C@]2(C)NC(=O)N(CCN3C(=O)c4ccccc4C3=O)C2=O)cc1. The zero-order valence-electron chi connectivity index (χ0n) is 15.6. The largest absolute Gasteiger partial charge is 0.325 e. The number of urea groups is 1. The molecule has 2 aromatic rings. The fourth-order valence-corrected chi connectivity index (χ4v) is 3.62. The summed E-state index contributed by atoms with van der Waals surface area (Å²) in [6, 6.07) is 13.4. The maximum atomic E-state index is 13.0. The summed E-state index contributed by atoms with van der Waals surface area (Å²) in [4.78, 5) is 52.4. The van der Waals surface area contributed by atoms with Crippen LogP contribution in [0.1, 0.15) is 38.8 Å². The van der Waals surface area contributed by atoms with E-state index in [1.807, 2.05) is 19.1 Å². The van der Waals surface area contributed by atoms with Crippen LogP contribution in [0.3, 0.4) is 0 Å². The number of rotatable bonds is 4. The Morgan fingerprint density at radius 2 is 1.36 bits per heavy atom. The van der Waals surface area contributed by atoms with E-state index in [2.05, 4.69) is 5.32 Å². The number of amides is 5. The van der Waals surface area contributed by atoms with Gasteiger partial charge in [-0.1, -0.05) is 42.0 Å². The molecular formula is C21H19N3O4. The highest BCUT2D eigenvalue weighted by molar-refractivity contribution is 6.21. The summed E-state index contributed by atoms with van der Waals surface area (Å²) in [7, 11) is 0. The third-order valence-corrected chi connectivity index (χ3v) is 5.33. The minimum Gasteiger partial charge on any atom is -0.319 e. The molecule has 0 aliphatic carbocycles. The Labute approximate surface area is 161 Å². The van der Waals surface area contributed by atoms with E-state index in [9.17, 15) is 19.2 Å². The molecule has 142 valence electrons. The van der Waals surface area contributed by atoms with Crippen LogP contribution in [0.25, 0.3) is 0 Å². The van der Waals surface area contributed by atoms with E-state index < -0.39 is 29.3 Å². The van der Waals surface area contributed by atoms with Crippen molar-refractivity contribution in [2.75, 3.05) is 13.1 Å². The lowest BCUT2D eigenvalue weighted by atomic mass is 9.91. The topological polar surface area (TPSA) is 86.8 Å². The molecule has 7 heteroatoms. The van der Waals surface area contributed by atoms with Crippen molar-refractivity contribution in [2.45, 2.75) is 19.4 Å². The van der Waals surface area contributed by atoms with Crippen LogP contribution in [0.4, 0.5) is 4.79 Å². The Kier molecular flexibility index (Phi) is 4.03. The number of fused-ring (bicyclic) bond motifs is 1. The highest BCUT2D eigenvalue weighted by atomic mass is 16.2. The van der Waals surface area contributed by atoms with E-state index in [1.54, 1.807) is 43.3 Å². The Morgan fingerprint density at radius 3 is 1.93 bits per heavy atom. The van der Waals surface area contributed by atoms with Gasteiger partial charge >= 0.3 is 6.03 Å². The minimum absolute atomic E-state index is 0.0461. The lowest BCUT2D eigenvalue weighted by molar-refractivity contribution is -0.131. The van der Waals surface area contributed by atoms with Crippen LogP contribution < -0.4 is 5.32 Å². The average Bonchev–Trinajstić information content (AvgIpc) is 3.06. The minimum atomic E-state index is -1.17. The molecule has 0 aromatic heterocycles. The lowest BCUT2D eigenvalue weighted by Crippen LogP contribution is -2.43. The zero-order valence-corrected chi connectivity index (χ0v) is 15.6. The summed E-state index contributed by atoms with van der Waals surface area (Å²) in [6.45, 7) is 3.49. The molecule has 28 heavy (non-hydrogen) atoms. The van der Waals surface area contributed by atoms with Crippen molar-refractivity contribution in [2.24, 2.45) is 0 Å². The molecule has 0 unspecified atom stereocenters. The summed E-state index contributed by atoms with van der Waals surface area (Å²) >= 11 is 0. The maximum absolute atomic E-state index is 13.0. The molecule has 1 saturated heterocycles. The monoisotopic (exact) mass is 377 g/mol. The van der Waals surface area contributed by atoms with Gasteiger partial charge in [-0.3, -0.25) is 24.2 Å². The van der Waals surface area contributed by atoms with Crippen LogP contribution >= 0.6 is 0 Å². The van der Waals surface area contributed by atoms with Crippen LogP contribution in [0.15, 0.2) is 48.5 Å². The molecule has 2 heterocycles. The van der Waals surface area contributed by atoms with Crippen LogP contribution in [0.2, 0.25) is 0 Å². The van der Waals surface area contributed by atoms with Crippen LogP contribution in [0, 0.1) is 6.92 Å². The number of imide groups is 2. The van der Waals surface area contributed by atoms with Crippen molar-refractivity contribution in [1.82, 2.24) is 15.1 Å². The van der Waals surface area contributed by atoms with Gasteiger partial charge in [-0.05, 0) is 31.5 Å². The molecule has 2 aliphatic rings. The van der Waals surface area contributed by atoms with Crippen molar-refractivity contribution in [3.05, 3.63) is 70.8 Å². The number of nitrogens with one attached hydrogen (secondary N) is 1. The van der Waals surface area contributed by atoms with Crippen LogP contribution in [-0.4, -0.2) is 46.6 Å². The third-order valence-electron chi connectivity index (χ3n) is 5.33. The van der Waals surface area contributed by atoms with E-state index in [1.165, 1.54) is 0 Å². The second kappa shape index (κ2) is 6.30. The van der Waals surface area contributed by atoms with Crippen molar-refractivity contribution < 1.29 is 19.2 Å². The summed E-state index contributed by atoms with van der Waals surface area (Å²) in [5.74, 6) is -1.22. The first-order valence-electron chi connectivity index (χ1n) is 8.99. The second-order valence-corrected chi connectivity index (χ2v) is 7.19. The molecule has 2 aromatic carbocycles. The zero-order chi connectivity index (χ0) is 20.1. The Bertz CT molecular complexity index is 980. The van der Waals surface area contributed by atoms with Crippen LogP contribution in [0.5, 0.6) is 0 Å².